The predicted molar refractivity (Wildman–Crippen MR) is 114 cm³/mol. The van der Waals surface area contributed by atoms with Crippen molar-refractivity contribution in [3.8, 4) is 0 Å². The molecule has 1 aliphatic heterocycles. The van der Waals surface area contributed by atoms with Gasteiger partial charge in [0.15, 0.2) is 0 Å². The van der Waals surface area contributed by atoms with Crippen LogP contribution in [0, 0.1) is 5.92 Å². The highest BCUT2D eigenvalue weighted by molar-refractivity contribution is 7.13. The highest BCUT2D eigenvalue weighted by atomic mass is 32.1. The van der Waals surface area contributed by atoms with Crippen LogP contribution in [0.25, 0.3) is 0 Å². The quantitative estimate of drug-likeness (QED) is 0.413. The van der Waals surface area contributed by atoms with Gasteiger partial charge in [0.2, 0.25) is 5.13 Å². The normalized spacial score (nSPS) is 15.8. The molecule has 1 fully saturated rings. The highest BCUT2D eigenvalue weighted by Crippen LogP contribution is 2.18. The minimum absolute atomic E-state index is 0.188. The van der Waals surface area contributed by atoms with Crippen LogP contribution in [-0.2, 0) is 22.5 Å². The van der Waals surface area contributed by atoms with Gasteiger partial charge in [-0.15, -0.1) is 11.3 Å². The van der Waals surface area contributed by atoms with Gasteiger partial charge < -0.3 is 4.74 Å². The molecular formula is C21H28N4O2S. The number of ether oxygens (including phenoxy) is 1. The zero-order valence-corrected chi connectivity index (χ0v) is 17.4. The Balaban J connectivity index is 1.45. The van der Waals surface area contributed by atoms with Crippen molar-refractivity contribution in [2.45, 2.75) is 39.7 Å². The maximum absolute atomic E-state index is 11.5. The number of esters is 1. The van der Waals surface area contributed by atoms with Crippen molar-refractivity contribution in [2.24, 2.45) is 11.0 Å². The number of anilines is 1. The van der Waals surface area contributed by atoms with Crippen molar-refractivity contribution in [3.63, 3.8) is 0 Å². The predicted octanol–water partition coefficient (Wildman–Crippen LogP) is 3.93. The average Bonchev–Trinajstić information content (AvgIpc) is 3.12. The molecule has 0 spiro atoms. The highest BCUT2D eigenvalue weighted by Gasteiger charge is 2.15. The maximum atomic E-state index is 11.5. The van der Waals surface area contributed by atoms with E-state index in [0.29, 0.717) is 17.4 Å². The van der Waals surface area contributed by atoms with Gasteiger partial charge in [0.1, 0.15) is 0 Å². The number of benzene rings is 1. The summed E-state index contributed by atoms with van der Waals surface area (Å²) in [5.41, 5.74) is 5.98. The standard InChI is InChI=1S/C21H28N4O2S/c1-3-27-20(26)12-19-15-28-21(23-19)24-22-13-17-4-6-18(7-5-17)14-25-10-8-16(2)9-11-25/h4-7,13,15-16H,3,8-12,14H2,1-2H3,(H,23,24). The van der Waals surface area contributed by atoms with E-state index in [1.165, 1.54) is 42.8 Å². The fraction of sp³-hybridized carbons (Fsp3) is 0.476. The zero-order valence-electron chi connectivity index (χ0n) is 16.6. The Morgan fingerprint density at radius 3 is 2.82 bits per heavy atom. The van der Waals surface area contributed by atoms with E-state index in [0.717, 1.165) is 18.0 Å². The molecule has 6 nitrogen and oxygen atoms in total. The number of aromatic nitrogens is 1. The smallest absolute Gasteiger partial charge is 0.311 e. The molecule has 2 heterocycles. The summed E-state index contributed by atoms with van der Waals surface area (Å²) in [6, 6.07) is 8.50. The first-order valence-electron chi connectivity index (χ1n) is 9.82. The molecule has 3 rings (SSSR count). The van der Waals surface area contributed by atoms with Crippen molar-refractivity contribution in [3.05, 3.63) is 46.5 Å². The van der Waals surface area contributed by atoms with E-state index >= 15 is 0 Å². The third kappa shape index (κ3) is 6.42. The number of carbonyl (C=O) groups excluding carboxylic acids is 1. The number of hydrogen-bond acceptors (Lipinski definition) is 7. The number of carbonyl (C=O) groups is 1. The van der Waals surface area contributed by atoms with Crippen LogP contribution in [0.5, 0.6) is 0 Å². The molecule has 28 heavy (non-hydrogen) atoms. The van der Waals surface area contributed by atoms with Crippen molar-refractivity contribution in [1.82, 2.24) is 9.88 Å². The van der Waals surface area contributed by atoms with Gasteiger partial charge in [-0.05, 0) is 49.9 Å². The number of rotatable bonds is 8. The van der Waals surface area contributed by atoms with E-state index in [4.69, 9.17) is 4.74 Å². The molecule has 1 saturated heterocycles. The molecule has 1 aliphatic rings. The molecule has 0 amide bonds. The Labute approximate surface area is 170 Å². The number of piperidine rings is 1. The van der Waals surface area contributed by atoms with Crippen molar-refractivity contribution < 1.29 is 9.53 Å². The maximum Gasteiger partial charge on any atom is 0.311 e. The first kappa shape index (κ1) is 20.5. The number of hydrazone groups is 1. The van der Waals surface area contributed by atoms with Crippen LogP contribution in [0.3, 0.4) is 0 Å². The van der Waals surface area contributed by atoms with Crippen LogP contribution in [0.15, 0.2) is 34.7 Å². The minimum atomic E-state index is -0.262. The van der Waals surface area contributed by atoms with Crippen molar-refractivity contribution in [2.75, 3.05) is 25.1 Å². The molecule has 7 heteroatoms. The molecule has 0 saturated carbocycles. The summed E-state index contributed by atoms with van der Waals surface area (Å²) in [5, 5.41) is 6.74. The van der Waals surface area contributed by atoms with Gasteiger partial charge in [-0.3, -0.25) is 15.1 Å². The third-order valence-electron chi connectivity index (χ3n) is 4.82. The van der Waals surface area contributed by atoms with Crippen LogP contribution >= 0.6 is 11.3 Å². The first-order chi connectivity index (χ1) is 13.6. The van der Waals surface area contributed by atoms with Gasteiger partial charge in [-0.1, -0.05) is 31.2 Å². The number of hydrogen-bond donors (Lipinski definition) is 1. The number of nitrogens with one attached hydrogen (secondary N) is 1. The Kier molecular flexibility index (Phi) is 7.56. The van der Waals surface area contributed by atoms with E-state index in [1.54, 1.807) is 13.1 Å². The van der Waals surface area contributed by atoms with Crippen LogP contribution < -0.4 is 5.43 Å². The Morgan fingerprint density at radius 2 is 2.11 bits per heavy atom. The second-order valence-electron chi connectivity index (χ2n) is 7.20. The summed E-state index contributed by atoms with van der Waals surface area (Å²) >= 11 is 1.42. The fourth-order valence-corrected chi connectivity index (χ4v) is 3.81. The van der Waals surface area contributed by atoms with E-state index in [1.807, 2.05) is 5.38 Å². The molecular weight excluding hydrogens is 372 g/mol. The van der Waals surface area contributed by atoms with Crippen molar-refractivity contribution in [1.29, 1.82) is 0 Å². The van der Waals surface area contributed by atoms with Gasteiger partial charge >= 0.3 is 5.97 Å². The Hall–Kier alpha value is -2.25. The van der Waals surface area contributed by atoms with E-state index in [2.05, 4.69) is 51.6 Å². The van der Waals surface area contributed by atoms with Gasteiger partial charge in [-0.25, -0.2) is 4.98 Å². The lowest BCUT2D eigenvalue weighted by molar-refractivity contribution is -0.142. The lowest BCUT2D eigenvalue weighted by Crippen LogP contribution is -2.32. The van der Waals surface area contributed by atoms with E-state index in [9.17, 15) is 4.79 Å². The van der Waals surface area contributed by atoms with Crippen LogP contribution in [-0.4, -0.2) is 41.8 Å². The Bertz CT molecular complexity index is 780. The van der Waals surface area contributed by atoms with Gasteiger partial charge in [-0.2, -0.15) is 5.10 Å². The Morgan fingerprint density at radius 1 is 1.36 bits per heavy atom. The number of thiazole rings is 1. The summed E-state index contributed by atoms with van der Waals surface area (Å²) in [4.78, 5) is 18.3. The fourth-order valence-electron chi connectivity index (χ4n) is 3.15. The van der Waals surface area contributed by atoms with Crippen LogP contribution in [0.2, 0.25) is 0 Å². The molecule has 1 aromatic heterocycles. The lowest BCUT2D eigenvalue weighted by Gasteiger charge is -2.30. The summed E-state index contributed by atoms with van der Waals surface area (Å²) in [7, 11) is 0. The monoisotopic (exact) mass is 400 g/mol. The minimum Gasteiger partial charge on any atom is -0.466 e. The van der Waals surface area contributed by atoms with Gasteiger partial charge in [0.25, 0.3) is 0 Å². The zero-order chi connectivity index (χ0) is 19.8. The first-order valence-corrected chi connectivity index (χ1v) is 10.7. The topological polar surface area (TPSA) is 66.8 Å². The molecule has 0 aliphatic carbocycles. The molecule has 2 aromatic rings. The summed E-state index contributed by atoms with van der Waals surface area (Å²) in [5.74, 6) is 0.600. The summed E-state index contributed by atoms with van der Waals surface area (Å²) in [6.45, 7) is 7.92. The van der Waals surface area contributed by atoms with E-state index in [-0.39, 0.29) is 12.4 Å². The van der Waals surface area contributed by atoms with Crippen molar-refractivity contribution >= 4 is 28.7 Å². The second-order valence-corrected chi connectivity index (χ2v) is 8.05. The molecule has 0 unspecified atom stereocenters. The second kappa shape index (κ2) is 10.3. The van der Waals surface area contributed by atoms with Crippen LogP contribution in [0.1, 0.15) is 43.5 Å². The SMILES string of the molecule is CCOC(=O)Cc1csc(NN=Cc2ccc(CN3CCC(C)CC3)cc2)n1. The molecule has 0 bridgehead atoms. The van der Waals surface area contributed by atoms with Gasteiger partial charge in [0, 0.05) is 11.9 Å². The number of nitrogens with zero attached hydrogens (tertiary/aromatic N) is 3. The third-order valence-corrected chi connectivity index (χ3v) is 5.61. The van der Waals surface area contributed by atoms with Gasteiger partial charge in [0.05, 0.1) is 24.9 Å². The molecule has 0 atom stereocenters. The molecule has 1 aromatic carbocycles. The van der Waals surface area contributed by atoms with E-state index < -0.39 is 0 Å². The van der Waals surface area contributed by atoms with Crippen LogP contribution in [0.4, 0.5) is 5.13 Å². The molecule has 1 N–H and O–H groups in total. The average molecular weight is 401 g/mol. The molecule has 0 radical (unpaired) electrons. The lowest BCUT2D eigenvalue weighted by atomic mass is 9.99. The largest absolute Gasteiger partial charge is 0.466 e. The number of likely N-dealkylation sites (tertiary alicyclic amines) is 1. The summed E-state index contributed by atoms with van der Waals surface area (Å²) in [6.07, 6.45) is 4.56. The molecule has 150 valence electrons. The summed E-state index contributed by atoms with van der Waals surface area (Å²) < 4.78 is 4.93.